The van der Waals surface area contributed by atoms with Crippen LogP contribution >= 0.6 is 0 Å². The second-order valence-electron chi connectivity index (χ2n) is 6.30. The molecule has 0 amide bonds. The lowest BCUT2D eigenvalue weighted by Crippen LogP contribution is -2.22. The zero-order valence-corrected chi connectivity index (χ0v) is 14.2. The van der Waals surface area contributed by atoms with Crippen LogP contribution in [0.25, 0.3) is 33.8 Å². The maximum absolute atomic E-state index is 4.93. The van der Waals surface area contributed by atoms with Crippen molar-refractivity contribution in [2.75, 3.05) is 6.54 Å². The SMILES string of the molecule is C1=C(c2cccc(-c3nc4ccccc4n3-c3ccccc3)c2)NNC1. The molecule has 1 aliphatic heterocycles. The molecule has 4 heteroatoms. The van der Waals surface area contributed by atoms with Crippen LogP contribution in [0, 0.1) is 0 Å². The van der Waals surface area contributed by atoms with Gasteiger partial charge in [0.2, 0.25) is 0 Å². The van der Waals surface area contributed by atoms with E-state index in [1.54, 1.807) is 0 Å². The van der Waals surface area contributed by atoms with Crippen LogP contribution in [-0.2, 0) is 0 Å². The van der Waals surface area contributed by atoms with Crippen molar-refractivity contribution in [3.63, 3.8) is 0 Å². The average Bonchev–Trinajstić information content (AvgIpc) is 3.37. The van der Waals surface area contributed by atoms with E-state index in [-0.39, 0.29) is 0 Å². The fraction of sp³-hybridized carbons (Fsp3) is 0.0455. The van der Waals surface area contributed by atoms with E-state index in [4.69, 9.17) is 4.98 Å². The zero-order chi connectivity index (χ0) is 17.3. The van der Waals surface area contributed by atoms with Gasteiger partial charge in [-0.25, -0.2) is 10.4 Å². The van der Waals surface area contributed by atoms with Crippen molar-refractivity contribution in [2.45, 2.75) is 0 Å². The number of benzene rings is 3. The van der Waals surface area contributed by atoms with E-state index in [0.29, 0.717) is 0 Å². The van der Waals surface area contributed by atoms with E-state index in [2.05, 4.69) is 88.2 Å². The molecule has 4 nitrogen and oxygen atoms in total. The molecule has 0 bridgehead atoms. The van der Waals surface area contributed by atoms with Crippen LogP contribution < -0.4 is 10.9 Å². The van der Waals surface area contributed by atoms with Gasteiger partial charge in [0.05, 0.1) is 16.7 Å². The maximum atomic E-state index is 4.93. The Morgan fingerprint density at radius 2 is 1.62 bits per heavy atom. The van der Waals surface area contributed by atoms with E-state index in [0.717, 1.165) is 45.9 Å². The summed E-state index contributed by atoms with van der Waals surface area (Å²) in [4.78, 5) is 4.93. The van der Waals surface area contributed by atoms with Crippen LogP contribution in [0.3, 0.4) is 0 Å². The van der Waals surface area contributed by atoms with E-state index in [1.165, 1.54) is 0 Å². The Morgan fingerprint density at radius 3 is 2.46 bits per heavy atom. The highest BCUT2D eigenvalue weighted by Gasteiger charge is 2.15. The molecule has 0 fully saturated rings. The molecule has 2 heterocycles. The smallest absolute Gasteiger partial charge is 0.145 e. The van der Waals surface area contributed by atoms with E-state index in [1.807, 2.05) is 12.1 Å². The minimum atomic E-state index is 0.835. The number of para-hydroxylation sites is 3. The zero-order valence-electron chi connectivity index (χ0n) is 14.2. The largest absolute Gasteiger partial charge is 0.321 e. The van der Waals surface area contributed by atoms with Crippen molar-refractivity contribution >= 4 is 16.7 Å². The summed E-state index contributed by atoms with van der Waals surface area (Å²) in [6.45, 7) is 0.835. The minimum Gasteiger partial charge on any atom is -0.321 e. The van der Waals surface area contributed by atoms with Gasteiger partial charge in [-0.15, -0.1) is 0 Å². The summed E-state index contributed by atoms with van der Waals surface area (Å²) in [5, 5.41) is 0. The molecule has 0 saturated heterocycles. The number of aromatic nitrogens is 2. The number of imidazole rings is 1. The van der Waals surface area contributed by atoms with Crippen LogP contribution in [0.2, 0.25) is 0 Å². The maximum Gasteiger partial charge on any atom is 0.145 e. The summed E-state index contributed by atoms with van der Waals surface area (Å²) in [5.41, 5.74) is 12.9. The van der Waals surface area contributed by atoms with Gasteiger partial charge in [0.1, 0.15) is 5.82 Å². The van der Waals surface area contributed by atoms with Gasteiger partial charge in [-0.3, -0.25) is 4.57 Å². The number of hydrazine groups is 1. The Morgan fingerprint density at radius 1 is 0.808 bits per heavy atom. The average molecular weight is 338 g/mol. The fourth-order valence-electron chi connectivity index (χ4n) is 3.42. The lowest BCUT2D eigenvalue weighted by Gasteiger charge is -2.11. The first-order chi connectivity index (χ1) is 12.9. The highest BCUT2D eigenvalue weighted by Crippen LogP contribution is 2.30. The van der Waals surface area contributed by atoms with E-state index in [9.17, 15) is 0 Å². The third-order valence-electron chi connectivity index (χ3n) is 4.64. The highest BCUT2D eigenvalue weighted by atomic mass is 15.4. The Labute approximate surface area is 151 Å². The van der Waals surface area contributed by atoms with E-state index >= 15 is 0 Å². The van der Waals surface area contributed by atoms with Gasteiger partial charge in [-0.05, 0) is 42.0 Å². The standard InChI is InChI=1S/C22H18N4/c1-2-9-18(10-3-1)26-21-12-5-4-11-20(21)24-22(26)17-8-6-7-16(15-17)19-13-14-23-25-19/h1-13,15,23,25H,14H2. The molecule has 1 aliphatic rings. The third kappa shape index (κ3) is 2.48. The Kier molecular flexibility index (Phi) is 3.54. The molecular formula is C22H18N4. The highest BCUT2D eigenvalue weighted by molar-refractivity contribution is 5.84. The summed E-state index contributed by atoms with van der Waals surface area (Å²) in [5.74, 6) is 0.950. The Hall–Kier alpha value is -3.37. The number of fused-ring (bicyclic) bond motifs is 1. The second kappa shape index (κ2) is 6.17. The first-order valence-corrected chi connectivity index (χ1v) is 8.73. The van der Waals surface area contributed by atoms with Crippen molar-refractivity contribution in [3.05, 3.63) is 90.5 Å². The van der Waals surface area contributed by atoms with Crippen LogP contribution in [-0.4, -0.2) is 16.1 Å². The van der Waals surface area contributed by atoms with Crippen LogP contribution in [0.5, 0.6) is 0 Å². The molecule has 2 N–H and O–H groups in total. The number of hydrogen-bond donors (Lipinski definition) is 2. The van der Waals surface area contributed by atoms with Gasteiger partial charge in [-0.2, -0.15) is 0 Å². The van der Waals surface area contributed by atoms with Crippen molar-refractivity contribution < 1.29 is 0 Å². The van der Waals surface area contributed by atoms with Gasteiger partial charge < -0.3 is 5.43 Å². The molecule has 0 aliphatic carbocycles. The summed E-state index contributed by atoms with van der Waals surface area (Å²) < 4.78 is 2.23. The van der Waals surface area contributed by atoms with Crippen LogP contribution in [0.15, 0.2) is 84.9 Å². The predicted molar refractivity (Wildman–Crippen MR) is 106 cm³/mol. The summed E-state index contributed by atoms with van der Waals surface area (Å²) in [6, 6.07) is 27.2. The van der Waals surface area contributed by atoms with Gasteiger partial charge in [0.15, 0.2) is 0 Å². The molecular weight excluding hydrogens is 320 g/mol. The number of rotatable bonds is 3. The molecule has 0 unspecified atom stereocenters. The second-order valence-corrected chi connectivity index (χ2v) is 6.30. The molecule has 126 valence electrons. The number of nitrogens with zero attached hydrogens (tertiary/aromatic N) is 2. The third-order valence-corrected chi connectivity index (χ3v) is 4.64. The fourth-order valence-corrected chi connectivity index (χ4v) is 3.42. The topological polar surface area (TPSA) is 41.9 Å². The van der Waals surface area contributed by atoms with Gasteiger partial charge in [-0.1, -0.05) is 48.5 Å². The van der Waals surface area contributed by atoms with Crippen molar-refractivity contribution in [1.29, 1.82) is 0 Å². The molecule has 1 aromatic heterocycles. The Bertz CT molecular complexity index is 1110. The minimum absolute atomic E-state index is 0.835. The molecule has 5 rings (SSSR count). The molecule has 0 radical (unpaired) electrons. The number of hydrogen-bond acceptors (Lipinski definition) is 3. The molecule has 4 aromatic rings. The molecule has 0 atom stereocenters. The van der Waals surface area contributed by atoms with Crippen LogP contribution in [0.1, 0.15) is 5.56 Å². The quantitative estimate of drug-likeness (QED) is 0.590. The summed E-state index contributed by atoms with van der Waals surface area (Å²) >= 11 is 0. The molecule has 26 heavy (non-hydrogen) atoms. The van der Waals surface area contributed by atoms with Crippen molar-refractivity contribution in [3.8, 4) is 17.1 Å². The number of nitrogens with one attached hydrogen (secondary N) is 2. The van der Waals surface area contributed by atoms with Gasteiger partial charge in [0.25, 0.3) is 0 Å². The predicted octanol–water partition coefficient (Wildman–Crippen LogP) is 4.14. The normalized spacial score (nSPS) is 13.6. The lowest BCUT2D eigenvalue weighted by molar-refractivity contribution is 0.738. The van der Waals surface area contributed by atoms with Gasteiger partial charge >= 0.3 is 0 Å². The van der Waals surface area contributed by atoms with Crippen molar-refractivity contribution in [2.24, 2.45) is 0 Å². The molecule has 0 saturated carbocycles. The Balaban J connectivity index is 1.74. The first-order valence-electron chi connectivity index (χ1n) is 8.73. The first kappa shape index (κ1) is 14.9. The summed E-state index contributed by atoms with van der Waals surface area (Å²) in [7, 11) is 0. The monoisotopic (exact) mass is 338 g/mol. The molecule has 0 spiro atoms. The van der Waals surface area contributed by atoms with Crippen LogP contribution in [0.4, 0.5) is 0 Å². The van der Waals surface area contributed by atoms with Crippen molar-refractivity contribution in [1.82, 2.24) is 20.4 Å². The van der Waals surface area contributed by atoms with Gasteiger partial charge in [0, 0.05) is 17.8 Å². The van der Waals surface area contributed by atoms with E-state index < -0.39 is 0 Å². The molecule has 3 aromatic carbocycles. The summed E-state index contributed by atoms with van der Waals surface area (Å²) in [6.07, 6.45) is 2.15. The lowest BCUT2D eigenvalue weighted by atomic mass is 10.1.